The largest absolute Gasteiger partial charge is 0.354 e. The summed E-state index contributed by atoms with van der Waals surface area (Å²) in [6.07, 6.45) is 10.0. The fourth-order valence-electron chi connectivity index (χ4n) is 5.33. The van der Waals surface area contributed by atoms with Crippen LogP contribution in [0.5, 0.6) is 0 Å². The number of rotatable bonds is 7. The van der Waals surface area contributed by atoms with E-state index in [0.717, 1.165) is 28.9 Å². The average Bonchev–Trinajstić information content (AvgIpc) is 2.92. The standard InChI is InChI=1S/C29H34ClN7O/c1-5-37-27-21(16-33-29(35-27)32-15-19-6-9-22(10-7-19)36(3)4)12-24(28(37)38)23-11-8-20(13-25(23)30)26-17-31-14-18(2)34-26/h8,11-14,16-17,19,22H,5-7,9-10,15H2,1-4H3,(H,32,33,35). The smallest absolute Gasteiger partial charge is 0.260 e. The molecule has 0 bridgehead atoms. The van der Waals surface area contributed by atoms with Crippen molar-refractivity contribution in [2.45, 2.75) is 52.1 Å². The quantitative estimate of drug-likeness (QED) is 0.340. The molecule has 0 radical (unpaired) electrons. The van der Waals surface area contributed by atoms with Gasteiger partial charge in [0.05, 0.1) is 17.6 Å². The predicted octanol–water partition coefficient (Wildman–Crippen LogP) is 5.43. The monoisotopic (exact) mass is 531 g/mol. The number of hydrogen-bond donors (Lipinski definition) is 1. The zero-order chi connectivity index (χ0) is 26.8. The first kappa shape index (κ1) is 26.3. The van der Waals surface area contributed by atoms with Crippen molar-refractivity contribution in [1.29, 1.82) is 0 Å². The van der Waals surface area contributed by atoms with Crippen LogP contribution in [-0.2, 0) is 6.54 Å². The molecular formula is C29H34ClN7O. The number of halogens is 1. The van der Waals surface area contributed by atoms with Crippen LogP contribution in [0.15, 0.2) is 47.7 Å². The molecule has 0 unspecified atom stereocenters. The minimum Gasteiger partial charge on any atom is -0.354 e. The van der Waals surface area contributed by atoms with Gasteiger partial charge in [-0.1, -0.05) is 23.7 Å². The third-order valence-electron chi connectivity index (χ3n) is 7.55. The molecule has 4 aromatic rings. The van der Waals surface area contributed by atoms with E-state index in [0.29, 0.717) is 46.2 Å². The lowest BCUT2D eigenvalue weighted by Crippen LogP contribution is -2.33. The van der Waals surface area contributed by atoms with Crippen LogP contribution >= 0.6 is 11.6 Å². The molecule has 9 heteroatoms. The SMILES string of the molecule is CCn1c(=O)c(-c2ccc(-c3cncc(C)n3)cc2Cl)cc2cnc(NCC3CCC(N(C)C)CC3)nc21. The van der Waals surface area contributed by atoms with Gasteiger partial charge in [0, 0.05) is 58.6 Å². The van der Waals surface area contributed by atoms with Crippen molar-refractivity contribution in [1.82, 2.24) is 29.4 Å². The Labute approximate surface area is 228 Å². The average molecular weight is 532 g/mol. The lowest BCUT2D eigenvalue weighted by Gasteiger charge is -2.32. The van der Waals surface area contributed by atoms with Gasteiger partial charge in [-0.15, -0.1) is 0 Å². The highest BCUT2D eigenvalue weighted by Gasteiger charge is 2.22. The highest BCUT2D eigenvalue weighted by atomic mass is 35.5. The van der Waals surface area contributed by atoms with E-state index in [4.69, 9.17) is 16.6 Å². The van der Waals surface area contributed by atoms with Crippen molar-refractivity contribution < 1.29 is 0 Å². The summed E-state index contributed by atoms with van der Waals surface area (Å²) in [5.74, 6) is 1.17. The fourth-order valence-corrected chi connectivity index (χ4v) is 5.61. The Balaban J connectivity index is 1.40. The Kier molecular flexibility index (Phi) is 7.72. The van der Waals surface area contributed by atoms with Crippen LogP contribution in [0.4, 0.5) is 5.95 Å². The summed E-state index contributed by atoms with van der Waals surface area (Å²) in [4.78, 5) is 33.9. The van der Waals surface area contributed by atoms with Gasteiger partial charge in [0.1, 0.15) is 5.65 Å². The van der Waals surface area contributed by atoms with E-state index in [1.165, 1.54) is 25.7 Å². The molecule has 38 heavy (non-hydrogen) atoms. The number of fused-ring (bicyclic) bond motifs is 1. The number of benzene rings is 1. The van der Waals surface area contributed by atoms with Crippen molar-refractivity contribution in [2.75, 3.05) is 26.0 Å². The highest BCUT2D eigenvalue weighted by molar-refractivity contribution is 6.33. The number of pyridine rings is 1. The number of aryl methyl sites for hydroxylation is 2. The zero-order valence-electron chi connectivity index (χ0n) is 22.4. The minimum atomic E-state index is -0.128. The number of nitrogens with one attached hydrogen (secondary N) is 1. The van der Waals surface area contributed by atoms with Gasteiger partial charge in [0.25, 0.3) is 5.56 Å². The third-order valence-corrected chi connectivity index (χ3v) is 7.86. The van der Waals surface area contributed by atoms with E-state index < -0.39 is 0 Å². The first-order valence-corrected chi connectivity index (χ1v) is 13.6. The first-order valence-electron chi connectivity index (χ1n) is 13.2. The molecule has 5 rings (SSSR count). The number of aromatic nitrogens is 5. The second kappa shape index (κ2) is 11.2. The molecular weight excluding hydrogens is 498 g/mol. The predicted molar refractivity (Wildman–Crippen MR) is 154 cm³/mol. The van der Waals surface area contributed by atoms with Gasteiger partial charge in [-0.25, -0.2) is 9.97 Å². The van der Waals surface area contributed by atoms with E-state index in [9.17, 15) is 4.79 Å². The maximum Gasteiger partial charge on any atom is 0.260 e. The Hall–Kier alpha value is -3.36. The van der Waals surface area contributed by atoms with Gasteiger partial charge in [-0.2, -0.15) is 4.98 Å². The normalized spacial score (nSPS) is 17.7. The summed E-state index contributed by atoms with van der Waals surface area (Å²) in [6, 6.07) is 8.13. The van der Waals surface area contributed by atoms with Crippen LogP contribution < -0.4 is 10.9 Å². The molecule has 1 saturated carbocycles. The lowest BCUT2D eigenvalue weighted by molar-refractivity contribution is 0.198. The maximum atomic E-state index is 13.6. The molecule has 0 atom stereocenters. The van der Waals surface area contributed by atoms with Crippen LogP contribution in [0.1, 0.15) is 38.3 Å². The van der Waals surface area contributed by atoms with Crippen LogP contribution in [-0.4, -0.2) is 56.1 Å². The Morgan fingerprint density at radius 1 is 1.05 bits per heavy atom. The van der Waals surface area contributed by atoms with E-state index in [1.54, 1.807) is 23.2 Å². The van der Waals surface area contributed by atoms with Crippen molar-refractivity contribution in [3.8, 4) is 22.4 Å². The van der Waals surface area contributed by atoms with E-state index in [2.05, 4.69) is 39.3 Å². The second-order valence-electron chi connectivity index (χ2n) is 10.3. The molecule has 0 spiro atoms. The number of nitrogens with zero attached hydrogens (tertiary/aromatic N) is 6. The van der Waals surface area contributed by atoms with Gasteiger partial charge < -0.3 is 10.2 Å². The van der Waals surface area contributed by atoms with Gasteiger partial charge >= 0.3 is 0 Å². The number of anilines is 1. The lowest BCUT2D eigenvalue weighted by atomic mass is 9.85. The summed E-state index contributed by atoms with van der Waals surface area (Å²) in [5, 5.41) is 4.69. The molecule has 8 nitrogen and oxygen atoms in total. The minimum absolute atomic E-state index is 0.128. The molecule has 1 aromatic carbocycles. The molecule has 1 aliphatic carbocycles. The van der Waals surface area contributed by atoms with Crippen molar-refractivity contribution in [2.24, 2.45) is 5.92 Å². The van der Waals surface area contributed by atoms with Crippen LogP contribution in [0.3, 0.4) is 0 Å². The van der Waals surface area contributed by atoms with E-state index in [1.807, 2.05) is 38.1 Å². The Morgan fingerprint density at radius 2 is 1.84 bits per heavy atom. The molecule has 3 heterocycles. The molecule has 3 aromatic heterocycles. The molecule has 1 N–H and O–H groups in total. The topological polar surface area (TPSA) is 88.8 Å². The number of hydrogen-bond acceptors (Lipinski definition) is 7. The van der Waals surface area contributed by atoms with Gasteiger partial charge in [-0.3, -0.25) is 14.3 Å². The summed E-state index contributed by atoms with van der Waals surface area (Å²) in [5.41, 5.74) is 4.10. The second-order valence-corrected chi connectivity index (χ2v) is 10.7. The van der Waals surface area contributed by atoms with Crippen LogP contribution in [0.2, 0.25) is 5.02 Å². The van der Waals surface area contributed by atoms with Gasteiger partial charge in [-0.05, 0) is 71.7 Å². The van der Waals surface area contributed by atoms with E-state index >= 15 is 0 Å². The molecule has 0 saturated heterocycles. The molecule has 0 amide bonds. The van der Waals surface area contributed by atoms with Crippen molar-refractivity contribution in [3.63, 3.8) is 0 Å². The van der Waals surface area contributed by atoms with Crippen molar-refractivity contribution in [3.05, 3.63) is 63.9 Å². The molecule has 198 valence electrons. The van der Waals surface area contributed by atoms with E-state index in [-0.39, 0.29) is 5.56 Å². The Morgan fingerprint density at radius 3 is 2.53 bits per heavy atom. The maximum absolute atomic E-state index is 13.6. The fraction of sp³-hybridized carbons (Fsp3) is 0.414. The summed E-state index contributed by atoms with van der Waals surface area (Å²) in [7, 11) is 4.32. The molecule has 1 fully saturated rings. The first-order chi connectivity index (χ1) is 18.3. The van der Waals surface area contributed by atoms with Crippen molar-refractivity contribution >= 4 is 28.6 Å². The van der Waals surface area contributed by atoms with Crippen LogP contribution in [0.25, 0.3) is 33.4 Å². The molecule has 0 aliphatic heterocycles. The summed E-state index contributed by atoms with van der Waals surface area (Å²) >= 11 is 6.70. The molecule has 1 aliphatic rings. The Bertz CT molecular complexity index is 1510. The van der Waals surface area contributed by atoms with Crippen LogP contribution in [0, 0.1) is 12.8 Å². The summed E-state index contributed by atoms with van der Waals surface area (Å²) < 4.78 is 1.69. The highest BCUT2D eigenvalue weighted by Crippen LogP contribution is 2.32. The van der Waals surface area contributed by atoms with Gasteiger partial charge in [0.15, 0.2) is 0 Å². The third kappa shape index (κ3) is 5.42. The van der Waals surface area contributed by atoms with Gasteiger partial charge in [0.2, 0.25) is 5.95 Å². The zero-order valence-corrected chi connectivity index (χ0v) is 23.2. The summed E-state index contributed by atoms with van der Waals surface area (Å²) in [6.45, 7) is 5.18.